The van der Waals surface area contributed by atoms with E-state index in [0.717, 1.165) is 37.3 Å². The Morgan fingerprint density at radius 1 is 1.23 bits per heavy atom. The summed E-state index contributed by atoms with van der Waals surface area (Å²) >= 11 is 6.18. The Balaban J connectivity index is 2.21. The summed E-state index contributed by atoms with van der Waals surface area (Å²) in [4.78, 5) is 19.8. The molecule has 1 fully saturated rings. The fourth-order valence-corrected chi connectivity index (χ4v) is 3.77. The Hall–Kier alpha value is -2.28. The summed E-state index contributed by atoms with van der Waals surface area (Å²) in [5.74, 6) is 0.835. The van der Waals surface area contributed by atoms with Crippen LogP contribution in [0.5, 0.6) is 0 Å². The second-order valence-corrected chi connectivity index (χ2v) is 6.91. The van der Waals surface area contributed by atoms with Crippen LogP contribution in [0.2, 0.25) is 0 Å². The Bertz CT molecular complexity index is 896. The van der Waals surface area contributed by atoms with Gasteiger partial charge in [0.2, 0.25) is 0 Å². The molecule has 0 atom stereocenters. The summed E-state index contributed by atoms with van der Waals surface area (Å²) < 4.78 is 3.70. The van der Waals surface area contributed by atoms with Gasteiger partial charge in [-0.05, 0) is 45.3 Å². The number of hydrogen-bond donors (Lipinski definition) is 2. The SMILES string of the molecule is CCn1c(N2CCCC2)c(N=C2C=C(C)C(N)=C(Cl)C2=N)c(=O)n1CC. The van der Waals surface area contributed by atoms with Crippen molar-refractivity contribution in [1.82, 2.24) is 9.36 Å². The van der Waals surface area contributed by atoms with Gasteiger partial charge in [0.05, 0.1) is 16.4 Å². The van der Waals surface area contributed by atoms with E-state index in [1.54, 1.807) is 10.8 Å². The lowest BCUT2D eigenvalue weighted by Gasteiger charge is -2.21. The monoisotopic (exact) mass is 376 g/mol. The number of rotatable bonds is 4. The van der Waals surface area contributed by atoms with Gasteiger partial charge in [0, 0.05) is 26.2 Å². The maximum absolute atomic E-state index is 13.0. The Morgan fingerprint density at radius 3 is 2.42 bits per heavy atom. The molecule has 1 aromatic heterocycles. The largest absolute Gasteiger partial charge is 0.397 e. The molecular weight excluding hydrogens is 352 g/mol. The Labute approximate surface area is 157 Å². The molecule has 8 heteroatoms. The number of allylic oxidation sites excluding steroid dienone is 3. The van der Waals surface area contributed by atoms with E-state index < -0.39 is 0 Å². The molecule has 3 N–H and O–H groups in total. The zero-order valence-electron chi connectivity index (χ0n) is 15.5. The van der Waals surface area contributed by atoms with Crippen molar-refractivity contribution in [3.8, 4) is 0 Å². The summed E-state index contributed by atoms with van der Waals surface area (Å²) in [6.07, 6.45) is 3.92. The predicted octanol–water partition coefficient (Wildman–Crippen LogP) is 2.75. The normalized spacial score (nSPS) is 19.7. The van der Waals surface area contributed by atoms with Crippen molar-refractivity contribution in [3.63, 3.8) is 0 Å². The molecule has 2 heterocycles. The quantitative estimate of drug-likeness (QED) is 0.791. The number of hydrogen-bond acceptors (Lipinski definition) is 5. The molecule has 140 valence electrons. The smallest absolute Gasteiger partial charge is 0.294 e. The first-order chi connectivity index (χ1) is 12.4. The number of nitrogens with zero attached hydrogens (tertiary/aromatic N) is 4. The van der Waals surface area contributed by atoms with E-state index >= 15 is 0 Å². The van der Waals surface area contributed by atoms with Crippen LogP contribution in [0.25, 0.3) is 0 Å². The first-order valence-electron chi connectivity index (χ1n) is 9.01. The maximum atomic E-state index is 13.0. The number of nitrogens with two attached hydrogens (primary N) is 1. The van der Waals surface area contributed by atoms with E-state index in [1.165, 1.54) is 0 Å². The number of halogens is 1. The zero-order chi connectivity index (χ0) is 19.0. The molecule has 0 bridgehead atoms. The lowest BCUT2D eigenvalue weighted by atomic mass is 10.0. The minimum Gasteiger partial charge on any atom is -0.397 e. The van der Waals surface area contributed by atoms with Gasteiger partial charge >= 0.3 is 0 Å². The molecular formula is C18H25ClN6O. The van der Waals surface area contributed by atoms with Crippen molar-refractivity contribution in [2.45, 2.75) is 46.7 Å². The van der Waals surface area contributed by atoms with Crippen LogP contribution in [0.1, 0.15) is 33.6 Å². The van der Waals surface area contributed by atoms with Crippen LogP contribution in [0.15, 0.2) is 32.2 Å². The molecule has 1 aliphatic carbocycles. The lowest BCUT2D eigenvalue weighted by molar-refractivity contribution is 0.476. The highest BCUT2D eigenvalue weighted by Crippen LogP contribution is 2.31. The first kappa shape index (κ1) is 18.5. The third-order valence-electron chi connectivity index (χ3n) is 4.91. The zero-order valence-corrected chi connectivity index (χ0v) is 16.2. The van der Waals surface area contributed by atoms with Crippen LogP contribution in [-0.2, 0) is 13.1 Å². The molecule has 0 amide bonds. The van der Waals surface area contributed by atoms with Gasteiger partial charge in [-0.3, -0.25) is 14.9 Å². The van der Waals surface area contributed by atoms with Crippen molar-refractivity contribution in [2.75, 3.05) is 18.0 Å². The molecule has 7 nitrogen and oxygen atoms in total. The van der Waals surface area contributed by atoms with E-state index in [4.69, 9.17) is 22.7 Å². The van der Waals surface area contributed by atoms with Crippen LogP contribution in [-0.4, -0.2) is 33.9 Å². The van der Waals surface area contributed by atoms with E-state index in [0.29, 0.717) is 30.2 Å². The van der Waals surface area contributed by atoms with Crippen molar-refractivity contribution >= 4 is 34.5 Å². The third-order valence-corrected chi connectivity index (χ3v) is 5.30. The maximum Gasteiger partial charge on any atom is 0.294 e. The van der Waals surface area contributed by atoms with Crippen LogP contribution >= 0.6 is 11.6 Å². The molecule has 1 aromatic rings. The minimum absolute atomic E-state index is 0.0498. The minimum atomic E-state index is -0.138. The van der Waals surface area contributed by atoms with Gasteiger partial charge in [-0.25, -0.2) is 9.67 Å². The molecule has 0 aromatic carbocycles. The van der Waals surface area contributed by atoms with Gasteiger partial charge in [0.25, 0.3) is 5.56 Å². The molecule has 0 spiro atoms. The van der Waals surface area contributed by atoms with Crippen LogP contribution in [0.4, 0.5) is 11.5 Å². The highest BCUT2D eigenvalue weighted by molar-refractivity contribution is 6.63. The third kappa shape index (κ3) is 2.90. The molecule has 3 rings (SSSR count). The number of nitrogens with one attached hydrogen (secondary N) is 1. The summed E-state index contributed by atoms with van der Waals surface area (Å²) in [6, 6.07) is 0. The number of aliphatic imine (C=N–C) groups is 1. The van der Waals surface area contributed by atoms with Gasteiger partial charge in [-0.15, -0.1) is 0 Å². The molecule has 2 aliphatic rings. The fraction of sp³-hybridized carbons (Fsp3) is 0.500. The average Bonchev–Trinajstić information content (AvgIpc) is 3.24. The fourth-order valence-electron chi connectivity index (χ4n) is 3.52. The van der Waals surface area contributed by atoms with Gasteiger partial charge in [0.1, 0.15) is 5.71 Å². The van der Waals surface area contributed by atoms with Gasteiger partial charge in [0.15, 0.2) is 11.5 Å². The molecule has 0 unspecified atom stereocenters. The highest BCUT2D eigenvalue weighted by Gasteiger charge is 2.27. The summed E-state index contributed by atoms with van der Waals surface area (Å²) in [5, 5.41) is 8.43. The summed E-state index contributed by atoms with van der Waals surface area (Å²) in [6.45, 7) is 8.86. The second kappa shape index (κ2) is 7.15. The summed E-state index contributed by atoms with van der Waals surface area (Å²) in [7, 11) is 0. The van der Waals surface area contributed by atoms with Crippen molar-refractivity contribution in [2.24, 2.45) is 10.7 Å². The molecule has 1 saturated heterocycles. The Morgan fingerprint density at radius 2 is 1.85 bits per heavy atom. The van der Waals surface area contributed by atoms with Gasteiger partial charge in [-0.2, -0.15) is 0 Å². The summed E-state index contributed by atoms with van der Waals surface area (Å²) in [5.41, 5.74) is 7.70. The second-order valence-electron chi connectivity index (χ2n) is 6.53. The van der Waals surface area contributed by atoms with Gasteiger partial charge in [-0.1, -0.05) is 11.6 Å². The lowest BCUT2D eigenvalue weighted by Crippen LogP contribution is -2.25. The van der Waals surface area contributed by atoms with Crippen molar-refractivity contribution in [1.29, 1.82) is 5.41 Å². The first-order valence-corrected chi connectivity index (χ1v) is 9.38. The van der Waals surface area contributed by atoms with Crippen LogP contribution in [0, 0.1) is 5.41 Å². The topological polar surface area (TPSA) is 92.4 Å². The van der Waals surface area contributed by atoms with E-state index in [1.807, 2.05) is 25.5 Å². The van der Waals surface area contributed by atoms with E-state index in [2.05, 4.69) is 9.89 Å². The van der Waals surface area contributed by atoms with Crippen LogP contribution in [0.3, 0.4) is 0 Å². The molecule has 1 aliphatic heterocycles. The van der Waals surface area contributed by atoms with Gasteiger partial charge < -0.3 is 10.6 Å². The molecule has 0 saturated carbocycles. The molecule has 0 radical (unpaired) electrons. The standard InChI is InChI=1S/C18H25ClN6O/c1-4-24-17(23-8-6-7-9-23)16(18(26)25(24)5-2)22-12-10-11(3)14(20)13(19)15(12)21/h10,21H,4-9,20H2,1-3H3. The average molecular weight is 377 g/mol. The van der Waals surface area contributed by atoms with E-state index in [-0.39, 0.29) is 16.3 Å². The highest BCUT2D eigenvalue weighted by atomic mass is 35.5. The Kier molecular flexibility index (Phi) is 5.09. The van der Waals surface area contributed by atoms with Crippen molar-refractivity contribution in [3.05, 3.63) is 32.7 Å². The van der Waals surface area contributed by atoms with Crippen LogP contribution < -0.4 is 16.2 Å². The van der Waals surface area contributed by atoms with E-state index in [9.17, 15) is 4.79 Å². The predicted molar refractivity (Wildman–Crippen MR) is 107 cm³/mol. The van der Waals surface area contributed by atoms with Crippen molar-refractivity contribution < 1.29 is 0 Å². The molecule has 26 heavy (non-hydrogen) atoms. The number of aromatic nitrogens is 2. The number of anilines is 1.